The van der Waals surface area contributed by atoms with Gasteiger partial charge in [-0.2, -0.15) is 10.2 Å². The van der Waals surface area contributed by atoms with Crippen LogP contribution in [0.2, 0.25) is 0 Å². The van der Waals surface area contributed by atoms with Gasteiger partial charge in [0.15, 0.2) is 5.69 Å². The first-order chi connectivity index (χ1) is 19.7. The van der Waals surface area contributed by atoms with E-state index in [0.717, 1.165) is 0 Å². The fourth-order valence-corrected chi connectivity index (χ4v) is 4.37. The third-order valence-corrected chi connectivity index (χ3v) is 6.42. The molecule has 1 aliphatic rings. The van der Waals surface area contributed by atoms with Crippen molar-refractivity contribution in [3.63, 3.8) is 0 Å². The summed E-state index contributed by atoms with van der Waals surface area (Å²) in [6.45, 7) is 8.48. The van der Waals surface area contributed by atoms with Crippen molar-refractivity contribution in [3.8, 4) is 11.3 Å². The Morgan fingerprint density at radius 1 is 1.24 bits per heavy atom. The minimum atomic E-state index is -0.753. The van der Waals surface area contributed by atoms with Gasteiger partial charge in [0.1, 0.15) is 11.5 Å². The van der Waals surface area contributed by atoms with Gasteiger partial charge in [0, 0.05) is 17.7 Å². The number of hydrogen-bond acceptors (Lipinski definition) is 8. The van der Waals surface area contributed by atoms with Crippen LogP contribution in [-0.4, -0.2) is 50.2 Å². The van der Waals surface area contributed by atoms with Gasteiger partial charge in [0.2, 0.25) is 5.91 Å². The number of rotatable bonds is 6. The fraction of sp³-hybridized carbons (Fsp3) is 0.250. The van der Waals surface area contributed by atoms with Gasteiger partial charge >= 0.3 is 6.09 Å². The van der Waals surface area contributed by atoms with Crippen molar-refractivity contribution in [3.05, 3.63) is 78.6 Å². The molecule has 0 saturated carbocycles. The highest BCUT2D eigenvalue weighted by Gasteiger charge is 2.24. The number of anilines is 2. The molecule has 212 valence electrons. The highest BCUT2D eigenvalue weighted by Crippen LogP contribution is 2.32. The number of carbonyl (C=O) groups excluding carboxylic acids is 3. The number of nitrogens with zero attached hydrogens (tertiary/aromatic N) is 5. The first kappa shape index (κ1) is 28.8. The van der Waals surface area contributed by atoms with Crippen LogP contribution < -0.4 is 16.0 Å². The molecule has 1 aliphatic heterocycles. The van der Waals surface area contributed by atoms with Crippen molar-refractivity contribution in [2.24, 2.45) is 0 Å². The fourth-order valence-electron chi connectivity index (χ4n) is 4.37. The third-order valence-electron chi connectivity index (χ3n) is 6.42. The molecule has 3 heterocycles. The van der Waals surface area contributed by atoms with E-state index in [1.54, 1.807) is 37.4 Å². The summed E-state index contributed by atoms with van der Waals surface area (Å²) in [6.07, 6.45) is 5.60. The number of allylic oxidation sites excluding steroid dienone is 4. The maximum absolute atomic E-state index is 14.0. The van der Waals surface area contributed by atoms with E-state index in [4.69, 9.17) is 0 Å². The molecule has 0 aliphatic carbocycles. The molecule has 12 nitrogen and oxygen atoms in total. The largest absolute Gasteiger partial charge is 0.453 e. The zero-order valence-electron chi connectivity index (χ0n) is 22.6. The molecule has 3 aromatic rings. The Morgan fingerprint density at radius 2 is 2.05 bits per heavy atom. The lowest BCUT2D eigenvalue weighted by molar-refractivity contribution is -0.116. The van der Waals surface area contributed by atoms with Gasteiger partial charge in [-0.05, 0) is 55.7 Å². The van der Waals surface area contributed by atoms with Crippen LogP contribution in [0.4, 0.5) is 20.6 Å². The Balaban J connectivity index is 1.67. The lowest BCUT2D eigenvalue weighted by atomic mass is 9.98. The summed E-state index contributed by atoms with van der Waals surface area (Å²) in [5.41, 5.74) is 2.91. The number of nitrogens with one attached hydrogen (secondary N) is 3. The Morgan fingerprint density at radius 3 is 2.78 bits per heavy atom. The Labute approximate surface area is 235 Å². The molecule has 13 heteroatoms. The molecular formula is C28H29FN8O4. The molecule has 0 radical (unpaired) electrons. The summed E-state index contributed by atoms with van der Waals surface area (Å²) in [5, 5.41) is 24.7. The number of fused-ring (bicyclic) bond motifs is 4. The van der Waals surface area contributed by atoms with E-state index in [1.165, 1.54) is 23.9 Å². The van der Waals surface area contributed by atoms with Crippen LogP contribution in [0.1, 0.15) is 53.5 Å². The Kier molecular flexibility index (Phi) is 8.97. The molecule has 3 amide bonds. The second-order valence-corrected chi connectivity index (χ2v) is 9.20. The van der Waals surface area contributed by atoms with Crippen LogP contribution in [0.5, 0.6) is 0 Å². The zero-order valence-corrected chi connectivity index (χ0v) is 22.6. The van der Waals surface area contributed by atoms with Gasteiger partial charge in [0.25, 0.3) is 5.91 Å². The summed E-state index contributed by atoms with van der Waals surface area (Å²) in [6, 6.07) is 6.24. The summed E-state index contributed by atoms with van der Waals surface area (Å²) in [5.74, 6) is -1.47. The van der Waals surface area contributed by atoms with E-state index >= 15 is 0 Å². The maximum atomic E-state index is 14.0. The van der Waals surface area contributed by atoms with Crippen LogP contribution in [0.25, 0.3) is 17.0 Å². The lowest BCUT2D eigenvalue weighted by Crippen LogP contribution is -2.30. The van der Waals surface area contributed by atoms with Gasteiger partial charge in [-0.25, -0.2) is 13.9 Å². The first-order valence-electron chi connectivity index (χ1n) is 12.7. The Bertz CT molecular complexity index is 1550. The number of amides is 3. The predicted molar refractivity (Wildman–Crippen MR) is 150 cm³/mol. The molecule has 0 spiro atoms. The van der Waals surface area contributed by atoms with Crippen LogP contribution in [-0.2, 0) is 9.53 Å². The molecule has 2 aromatic heterocycles. The molecule has 1 unspecified atom stereocenters. The average Bonchev–Trinajstić information content (AvgIpc) is 3.33. The molecule has 1 aromatic carbocycles. The molecule has 41 heavy (non-hydrogen) atoms. The van der Waals surface area contributed by atoms with E-state index in [9.17, 15) is 18.8 Å². The van der Waals surface area contributed by atoms with Crippen molar-refractivity contribution < 1.29 is 23.5 Å². The number of hydrogen-bond donors (Lipinski definition) is 3. The first-order valence-corrected chi connectivity index (χ1v) is 12.7. The molecule has 0 fully saturated rings. The second kappa shape index (κ2) is 12.8. The lowest BCUT2D eigenvalue weighted by Gasteiger charge is -2.20. The number of aromatic nitrogens is 5. The average molecular weight is 561 g/mol. The number of benzene rings is 1. The molecule has 1 atom stereocenters. The van der Waals surface area contributed by atoms with Crippen molar-refractivity contribution >= 4 is 35.0 Å². The third kappa shape index (κ3) is 6.69. The summed E-state index contributed by atoms with van der Waals surface area (Å²) < 4.78 is 19.8. The van der Waals surface area contributed by atoms with Crippen LogP contribution in [0.15, 0.2) is 61.6 Å². The van der Waals surface area contributed by atoms with Gasteiger partial charge in [-0.1, -0.05) is 30.9 Å². The van der Waals surface area contributed by atoms with E-state index in [0.29, 0.717) is 53.2 Å². The van der Waals surface area contributed by atoms with Crippen LogP contribution in [0.3, 0.4) is 0 Å². The summed E-state index contributed by atoms with van der Waals surface area (Å²) >= 11 is 0. The molecule has 3 N–H and O–H groups in total. The van der Waals surface area contributed by atoms with E-state index in [-0.39, 0.29) is 23.7 Å². The van der Waals surface area contributed by atoms with Crippen LogP contribution >= 0.6 is 0 Å². The standard InChI is InChI=1S/C28H29FN8O4/c1-5-8-24(16(2)29)37-17(3)26(35-36-37)27(39)33-21-9-6-7-10-25(38)32-22-14-19(31-28(40)41-4)11-12-20(22)23-13-18(21)15-30-34-23/h5,8,11-15,21H,1-2,6-7,9-10H2,3-4H3,(H,31,40)(H,32,38)(H,33,39). The van der Waals surface area contributed by atoms with Crippen LogP contribution in [0, 0.1) is 6.92 Å². The van der Waals surface area contributed by atoms with Gasteiger partial charge in [0.05, 0.1) is 36.4 Å². The quantitative estimate of drug-likeness (QED) is 0.366. The van der Waals surface area contributed by atoms with Crippen molar-refractivity contribution in [1.29, 1.82) is 0 Å². The van der Waals surface area contributed by atoms with Gasteiger partial charge in [-0.15, -0.1) is 5.10 Å². The maximum Gasteiger partial charge on any atom is 0.411 e. The van der Waals surface area contributed by atoms with Crippen molar-refractivity contribution in [2.75, 3.05) is 17.7 Å². The monoisotopic (exact) mass is 560 g/mol. The number of halogens is 1. The second-order valence-electron chi connectivity index (χ2n) is 9.20. The van der Waals surface area contributed by atoms with E-state index in [1.807, 2.05) is 0 Å². The summed E-state index contributed by atoms with van der Waals surface area (Å²) in [7, 11) is 1.25. The highest BCUT2D eigenvalue weighted by molar-refractivity contribution is 5.97. The minimum Gasteiger partial charge on any atom is -0.453 e. The van der Waals surface area contributed by atoms with Crippen molar-refractivity contribution in [1.82, 2.24) is 30.5 Å². The predicted octanol–water partition coefficient (Wildman–Crippen LogP) is 4.72. The summed E-state index contributed by atoms with van der Waals surface area (Å²) in [4.78, 5) is 37.8. The number of carbonyl (C=O) groups is 3. The van der Waals surface area contributed by atoms with Gasteiger partial charge < -0.3 is 15.4 Å². The number of methoxy groups -OCH3 is 1. The SMILES string of the molecule is C=CC=C(C(=C)F)n1nnc(C(=O)NC2CCCCC(=O)Nc3cc(NC(=O)OC)ccc3-c3cc2cnn3)c1C. The normalized spacial score (nSPS) is 15.3. The molecule has 4 rings (SSSR count). The minimum absolute atomic E-state index is 0.0138. The van der Waals surface area contributed by atoms with Crippen molar-refractivity contribution in [2.45, 2.75) is 38.6 Å². The highest BCUT2D eigenvalue weighted by atomic mass is 19.1. The number of ether oxygens (including phenoxy) is 1. The molecule has 2 bridgehead atoms. The van der Waals surface area contributed by atoms with Gasteiger partial charge in [-0.3, -0.25) is 14.9 Å². The topological polar surface area (TPSA) is 153 Å². The smallest absolute Gasteiger partial charge is 0.411 e. The zero-order chi connectivity index (χ0) is 29.5. The molecule has 0 saturated heterocycles. The molecular weight excluding hydrogens is 531 g/mol. The Hall–Kier alpha value is -5.20. The van der Waals surface area contributed by atoms with E-state index < -0.39 is 23.9 Å². The van der Waals surface area contributed by atoms with E-state index in [2.05, 4.69) is 54.4 Å².